The van der Waals surface area contributed by atoms with E-state index in [4.69, 9.17) is 17.3 Å². The highest BCUT2D eigenvalue weighted by atomic mass is 35.5. The quantitative estimate of drug-likeness (QED) is 0.664. The maximum Gasteiger partial charge on any atom is 0.246 e. The van der Waals surface area contributed by atoms with Crippen molar-refractivity contribution in [3.05, 3.63) is 70.5 Å². The second-order valence-electron chi connectivity index (χ2n) is 7.17. The molecule has 0 heterocycles. The van der Waals surface area contributed by atoms with E-state index >= 15 is 0 Å². The van der Waals surface area contributed by atoms with Gasteiger partial charge in [-0.25, -0.2) is 4.39 Å². The largest absolute Gasteiger partial charge is 0.357 e. The average molecular weight is 404 g/mol. The minimum Gasteiger partial charge on any atom is -0.357 e. The Kier molecular flexibility index (Phi) is 6.01. The highest BCUT2D eigenvalue weighted by molar-refractivity contribution is 6.30. The van der Waals surface area contributed by atoms with Crippen molar-refractivity contribution < 1.29 is 14.0 Å². The Morgan fingerprint density at radius 1 is 1.25 bits per heavy atom. The summed E-state index contributed by atoms with van der Waals surface area (Å²) >= 11 is 5.93. The maximum atomic E-state index is 13.8. The first-order chi connectivity index (χ1) is 13.4. The van der Waals surface area contributed by atoms with Gasteiger partial charge >= 0.3 is 0 Å². The molecule has 28 heavy (non-hydrogen) atoms. The fraction of sp³-hybridized carbons (Fsp3) is 0.333. The first-order valence-electron chi connectivity index (χ1n) is 9.13. The lowest BCUT2D eigenvalue weighted by atomic mass is 10.0. The van der Waals surface area contributed by atoms with E-state index in [-0.39, 0.29) is 36.4 Å². The molecule has 2 aromatic carbocycles. The van der Waals surface area contributed by atoms with E-state index in [1.165, 1.54) is 13.1 Å². The van der Waals surface area contributed by atoms with Crippen LogP contribution < -0.4 is 16.4 Å². The molecule has 0 aliphatic heterocycles. The van der Waals surface area contributed by atoms with E-state index in [1.54, 1.807) is 30.3 Å². The van der Waals surface area contributed by atoms with E-state index < -0.39 is 11.6 Å². The maximum absolute atomic E-state index is 13.8. The number of benzene rings is 2. The molecular formula is C21H23ClFN3O2. The molecule has 0 aromatic heterocycles. The number of nitrogens with one attached hydrogen (secondary N) is 2. The lowest BCUT2D eigenvalue weighted by Crippen LogP contribution is -2.50. The van der Waals surface area contributed by atoms with Gasteiger partial charge in [-0.15, -0.1) is 0 Å². The van der Waals surface area contributed by atoms with Crippen LogP contribution in [0.25, 0.3) is 0 Å². The van der Waals surface area contributed by atoms with Crippen molar-refractivity contribution in [3.63, 3.8) is 0 Å². The summed E-state index contributed by atoms with van der Waals surface area (Å²) in [5.74, 6) is -1.05. The van der Waals surface area contributed by atoms with Crippen molar-refractivity contribution >= 4 is 23.4 Å². The number of hydrogen-bond donors (Lipinski definition) is 3. The van der Waals surface area contributed by atoms with E-state index in [0.29, 0.717) is 17.0 Å². The summed E-state index contributed by atoms with van der Waals surface area (Å²) in [4.78, 5) is 25.0. The van der Waals surface area contributed by atoms with Gasteiger partial charge in [0.1, 0.15) is 11.4 Å². The molecule has 0 saturated heterocycles. The van der Waals surface area contributed by atoms with Crippen LogP contribution in [0.3, 0.4) is 0 Å². The number of carbonyl (C=O) groups is 2. The summed E-state index contributed by atoms with van der Waals surface area (Å²) in [6.45, 7) is 0. The van der Waals surface area contributed by atoms with Gasteiger partial charge in [0.15, 0.2) is 0 Å². The number of nitrogens with two attached hydrogens (primary N) is 1. The number of carbonyl (C=O) groups excluding carboxylic acids is 2. The second kappa shape index (κ2) is 8.29. The molecule has 148 valence electrons. The molecule has 1 fully saturated rings. The SMILES string of the molecule is CNC(=O)C1(NC(=O)C[C@H](N)Cc2ccccc2F)CC1c1ccc(Cl)cc1. The van der Waals surface area contributed by atoms with Gasteiger partial charge in [-0.3, -0.25) is 9.59 Å². The Morgan fingerprint density at radius 2 is 1.93 bits per heavy atom. The average Bonchev–Trinajstić information content (AvgIpc) is 3.38. The summed E-state index contributed by atoms with van der Waals surface area (Å²) in [5, 5.41) is 6.09. The molecule has 0 radical (unpaired) electrons. The standard InChI is InChI=1S/C21H23ClFN3O2/c1-25-20(28)21(12-17(21)13-6-8-15(22)9-7-13)26-19(27)11-16(24)10-14-4-2-3-5-18(14)23/h2-9,16-17H,10-12,24H2,1H3,(H,25,28)(H,26,27)/t16-,17?,21?/m1/s1. The predicted octanol–water partition coefficient (Wildman–Crippen LogP) is 2.53. The van der Waals surface area contributed by atoms with Crippen molar-refractivity contribution in [3.8, 4) is 0 Å². The van der Waals surface area contributed by atoms with Gasteiger partial charge in [-0.2, -0.15) is 0 Å². The Morgan fingerprint density at radius 3 is 2.57 bits per heavy atom. The van der Waals surface area contributed by atoms with Crippen LogP contribution >= 0.6 is 11.6 Å². The third kappa shape index (κ3) is 4.34. The molecule has 0 bridgehead atoms. The van der Waals surface area contributed by atoms with Crippen LogP contribution in [0.4, 0.5) is 4.39 Å². The zero-order valence-electron chi connectivity index (χ0n) is 15.5. The number of amides is 2. The molecular weight excluding hydrogens is 381 g/mol. The van der Waals surface area contributed by atoms with Crippen LogP contribution in [-0.2, 0) is 16.0 Å². The summed E-state index contributed by atoms with van der Waals surface area (Å²) < 4.78 is 13.8. The van der Waals surface area contributed by atoms with E-state index in [1.807, 2.05) is 12.1 Å². The topological polar surface area (TPSA) is 84.2 Å². The van der Waals surface area contributed by atoms with Crippen LogP contribution in [0.2, 0.25) is 5.02 Å². The molecule has 2 amide bonds. The third-order valence-corrected chi connectivity index (χ3v) is 5.37. The molecule has 2 unspecified atom stereocenters. The smallest absolute Gasteiger partial charge is 0.246 e. The monoisotopic (exact) mass is 403 g/mol. The van der Waals surface area contributed by atoms with Crippen LogP contribution in [0, 0.1) is 5.82 Å². The fourth-order valence-corrected chi connectivity index (χ4v) is 3.71. The Labute approximate surface area is 168 Å². The molecule has 3 rings (SSSR count). The van der Waals surface area contributed by atoms with Gasteiger partial charge < -0.3 is 16.4 Å². The van der Waals surface area contributed by atoms with Crippen LogP contribution in [0.5, 0.6) is 0 Å². The van der Waals surface area contributed by atoms with Gasteiger partial charge in [0, 0.05) is 30.5 Å². The highest BCUT2D eigenvalue weighted by Crippen LogP contribution is 2.51. The van der Waals surface area contributed by atoms with E-state index in [2.05, 4.69) is 10.6 Å². The molecule has 3 atom stereocenters. The molecule has 7 heteroatoms. The number of hydrogen-bond acceptors (Lipinski definition) is 3. The molecule has 5 nitrogen and oxygen atoms in total. The third-order valence-electron chi connectivity index (χ3n) is 5.12. The molecule has 1 saturated carbocycles. The van der Waals surface area contributed by atoms with Gasteiger partial charge in [-0.05, 0) is 42.2 Å². The highest BCUT2D eigenvalue weighted by Gasteiger charge is 2.61. The predicted molar refractivity (Wildman–Crippen MR) is 106 cm³/mol. The van der Waals surface area contributed by atoms with Gasteiger partial charge in [-0.1, -0.05) is 41.9 Å². The second-order valence-corrected chi connectivity index (χ2v) is 7.60. The Balaban J connectivity index is 1.65. The number of halogens is 2. The number of likely N-dealkylation sites (N-methyl/N-ethyl adjacent to an activating group) is 1. The summed E-state index contributed by atoms with van der Waals surface area (Å²) in [6.07, 6.45) is 0.747. The van der Waals surface area contributed by atoms with Crippen molar-refractivity contribution in [1.82, 2.24) is 10.6 Å². The van der Waals surface area contributed by atoms with Crippen LogP contribution in [0.15, 0.2) is 48.5 Å². The Hall–Kier alpha value is -2.44. The minimum atomic E-state index is -0.989. The first kappa shape index (κ1) is 20.3. The van der Waals surface area contributed by atoms with Crippen molar-refractivity contribution in [2.75, 3.05) is 7.05 Å². The van der Waals surface area contributed by atoms with E-state index in [9.17, 15) is 14.0 Å². The summed E-state index contributed by atoms with van der Waals surface area (Å²) in [5.41, 5.74) is 6.46. The molecule has 4 N–H and O–H groups in total. The molecule has 2 aromatic rings. The van der Waals surface area contributed by atoms with Crippen LogP contribution in [-0.4, -0.2) is 30.4 Å². The van der Waals surface area contributed by atoms with Crippen molar-refractivity contribution in [2.45, 2.75) is 36.8 Å². The lowest BCUT2D eigenvalue weighted by molar-refractivity contribution is -0.130. The Bertz CT molecular complexity index is 874. The molecule has 0 spiro atoms. The van der Waals surface area contributed by atoms with Crippen molar-refractivity contribution in [1.29, 1.82) is 0 Å². The van der Waals surface area contributed by atoms with Gasteiger partial charge in [0.25, 0.3) is 0 Å². The molecule has 1 aliphatic carbocycles. The van der Waals surface area contributed by atoms with Crippen molar-refractivity contribution in [2.24, 2.45) is 5.73 Å². The first-order valence-corrected chi connectivity index (χ1v) is 9.51. The molecule has 1 aliphatic rings. The van der Waals surface area contributed by atoms with Crippen LogP contribution in [0.1, 0.15) is 29.9 Å². The summed E-state index contributed by atoms with van der Waals surface area (Å²) in [7, 11) is 1.54. The summed E-state index contributed by atoms with van der Waals surface area (Å²) in [6, 6.07) is 13.0. The van der Waals surface area contributed by atoms with E-state index in [0.717, 1.165) is 5.56 Å². The minimum absolute atomic E-state index is 0.000413. The lowest BCUT2D eigenvalue weighted by Gasteiger charge is -2.20. The zero-order chi connectivity index (χ0) is 20.3. The zero-order valence-corrected chi connectivity index (χ0v) is 16.3. The number of rotatable bonds is 7. The fourth-order valence-electron chi connectivity index (χ4n) is 3.59. The van der Waals surface area contributed by atoms with Gasteiger partial charge in [0.2, 0.25) is 11.8 Å². The van der Waals surface area contributed by atoms with Gasteiger partial charge in [0.05, 0.1) is 0 Å². The normalized spacial score (nSPS) is 21.6.